The lowest BCUT2D eigenvalue weighted by atomic mass is 9.93. The molecule has 0 aromatic rings. The van der Waals surface area contributed by atoms with E-state index in [4.69, 9.17) is 0 Å². The molecule has 1 aliphatic heterocycles. The third-order valence-electron chi connectivity index (χ3n) is 4.68. The Labute approximate surface area is 124 Å². The van der Waals surface area contributed by atoms with E-state index in [2.05, 4.69) is 49.0 Å². The van der Waals surface area contributed by atoms with Crippen molar-refractivity contribution in [3.63, 3.8) is 0 Å². The predicted octanol–water partition coefficient (Wildman–Crippen LogP) is 3.37. The fourth-order valence-corrected chi connectivity index (χ4v) is 4.58. The van der Waals surface area contributed by atoms with Gasteiger partial charge in [-0.1, -0.05) is 12.8 Å². The Morgan fingerprint density at radius 3 is 2.58 bits per heavy atom. The topological polar surface area (TPSA) is 15.3 Å². The maximum Gasteiger partial charge on any atom is 0.0214 e. The molecule has 0 spiro atoms. The van der Waals surface area contributed by atoms with Crippen LogP contribution in [0.2, 0.25) is 0 Å². The van der Waals surface area contributed by atoms with Gasteiger partial charge in [-0.25, -0.2) is 0 Å². The van der Waals surface area contributed by atoms with Gasteiger partial charge in [-0.2, -0.15) is 11.8 Å². The molecule has 0 radical (unpaired) electrons. The molecule has 1 saturated carbocycles. The fraction of sp³-hybridized carbons (Fsp3) is 1.00. The van der Waals surface area contributed by atoms with Crippen LogP contribution in [0, 0.1) is 5.92 Å². The van der Waals surface area contributed by atoms with Gasteiger partial charge in [-0.15, -0.1) is 0 Å². The van der Waals surface area contributed by atoms with Gasteiger partial charge in [0, 0.05) is 23.4 Å². The molecule has 1 N–H and O–H groups in total. The normalized spacial score (nSPS) is 33.8. The minimum absolute atomic E-state index is 0.264. The van der Waals surface area contributed by atoms with Crippen LogP contribution >= 0.6 is 11.8 Å². The molecule has 0 aromatic heterocycles. The standard InChI is InChI=1S/C16H32N2S/c1-16(2,3)17-11-13-9-10-18(12-13)14-7-5-6-8-15(14)19-4/h13-15,17H,5-12H2,1-4H3. The number of thioether (sulfide) groups is 1. The van der Waals surface area contributed by atoms with E-state index in [1.54, 1.807) is 0 Å². The van der Waals surface area contributed by atoms with Gasteiger partial charge in [-0.3, -0.25) is 4.90 Å². The first-order chi connectivity index (χ1) is 8.99. The Morgan fingerprint density at radius 2 is 1.89 bits per heavy atom. The van der Waals surface area contributed by atoms with Crippen molar-refractivity contribution >= 4 is 11.8 Å². The first-order valence-electron chi connectivity index (χ1n) is 8.01. The Balaban J connectivity index is 1.80. The highest BCUT2D eigenvalue weighted by Gasteiger charge is 2.34. The molecule has 1 aliphatic carbocycles. The van der Waals surface area contributed by atoms with E-state index < -0.39 is 0 Å². The molecule has 2 rings (SSSR count). The molecule has 1 saturated heterocycles. The van der Waals surface area contributed by atoms with E-state index in [9.17, 15) is 0 Å². The fourth-order valence-electron chi connectivity index (χ4n) is 3.55. The molecule has 3 atom stereocenters. The molecule has 2 fully saturated rings. The molecule has 0 aromatic carbocycles. The number of nitrogens with one attached hydrogen (secondary N) is 1. The van der Waals surface area contributed by atoms with E-state index in [0.717, 1.165) is 17.2 Å². The van der Waals surface area contributed by atoms with E-state index in [0.29, 0.717) is 0 Å². The van der Waals surface area contributed by atoms with Crippen LogP contribution in [0.15, 0.2) is 0 Å². The number of nitrogens with zero attached hydrogens (tertiary/aromatic N) is 1. The van der Waals surface area contributed by atoms with Crippen LogP contribution in [-0.4, -0.2) is 47.6 Å². The lowest BCUT2D eigenvalue weighted by Crippen LogP contribution is -2.44. The highest BCUT2D eigenvalue weighted by molar-refractivity contribution is 7.99. The SMILES string of the molecule is CSC1CCCCC1N1CCC(CNC(C)(C)C)C1. The largest absolute Gasteiger partial charge is 0.312 e. The van der Waals surface area contributed by atoms with E-state index in [-0.39, 0.29) is 5.54 Å². The van der Waals surface area contributed by atoms with Gasteiger partial charge in [0.25, 0.3) is 0 Å². The highest BCUT2D eigenvalue weighted by atomic mass is 32.2. The van der Waals surface area contributed by atoms with Gasteiger partial charge in [0.1, 0.15) is 0 Å². The van der Waals surface area contributed by atoms with E-state index in [1.165, 1.54) is 51.7 Å². The summed E-state index contributed by atoms with van der Waals surface area (Å²) in [6.07, 6.45) is 9.46. The lowest BCUT2D eigenvalue weighted by molar-refractivity contribution is 0.190. The van der Waals surface area contributed by atoms with E-state index >= 15 is 0 Å². The quantitative estimate of drug-likeness (QED) is 0.852. The van der Waals surface area contributed by atoms with Crippen molar-refractivity contribution in [1.29, 1.82) is 0 Å². The Hall–Kier alpha value is 0.270. The second kappa shape index (κ2) is 6.82. The second-order valence-corrected chi connectivity index (χ2v) is 8.48. The van der Waals surface area contributed by atoms with Crippen LogP contribution in [0.3, 0.4) is 0 Å². The molecule has 0 amide bonds. The predicted molar refractivity (Wildman–Crippen MR) is 87.0 cm³/mol. The smallest absolute Gasteiger partial charge is 0.0214 e. The van der Waals surface area contributed by atoms with Crippen molar-refractivity contribution in [2.45, 2.75) is 69.7 Å². The zero-order chi connectivity index (χ0) is 13.9. The molecule has 3 unspecified atom stereocenters. The molecule has 3 heteroatoms. The number of hydrogen-bond acceptors (Lipinski definition) is 3. The monoisotopic (exact) mass is 284 g/mol. The van der Waals surface area contributed by atoms with Crippen molar-refractivity contribution in [1.82, 2.24) is 10.2 Å². The van der Waals surface area contributed by atoms with Crippen LogP contribution in [0.4, 0.5) is 0 Å². The maximum atomic E-state index is 3.68. The summed E-state index contributed by atoms with van der Waals surface area (Å²) < 4.78 is 0. The van der Waals surface area contributed by atoms with Crippen molar-refractivity contribution < 1.29 is 0 Å². The molecule has 112 valence electrons. The second-order valence-electron chi connectivity index (χ2n) is 7.41. The van der Waals surface area contributed by atoms with Crippen molar-refractivity contribution in [2.24, 2.45) is 5.92 Å². The van der Waals surface area contributed by atoms with Crippen LogP contribution in [0.1, 0.15) is 52.9 Å². The van der Waals surface area contributed by atoms with Gasteiger partial charge in [-0.05, 0) is 65.3 Å². The Morgan fingerprint density at radius 1 is 1.16 bits per heavy atom. The summed E-state index contributed by atoms with van der Waals surface area (Å²) in [6, 6.07) is 0.864. The van der Waals surface area contributed by atoms with Crippen LogP contribution in [-0.2, 0) is 0 Å². The van der Waals surface area contributed by atoms with Crippen molar-refractivity contribution in [3.05, 3.63) is 0 Å². The summed E-state index contributed by atoms with van der Waals surface area (Å²) in [4.78, 5) is 2.80. The molecule has 2 aliphatic rings. The van der Waals surface area contributed by atoms with E-state index in [1.807, 2.05) is 0 Å². The molecular weight excluding hydrogens is 252 g/mol. The van der Waals surface area contributed by atoms with Gasteiger partial charge in [0.2, 0.25) is 0 Å². The number of likely N-dealkylation sites (tertiary alicyclic amines) is 1. The summed E-state index contributed by atoms with van der Waals surface area (Å²) >= 11 is 2.10. The summed E-state index contributed by atoms with van der Waals surface area (Å²) in [5.74, 6) is 0.864. The first-order valence-corrected chi connectivity index (χ1v) is 9.30. The zero-order valence-corrected chi connectivity index (χ0v) is 14.1. The Kier molecular flexibility index (Phi) is 5.62. The summed E-state index contributed by atoms with van der Waals surface area (Å²) in [7, 11) is 0. The first kappa shape index (κ1) is 15.7. The van der Waals surface area contributed by atoms with Crippen LogP contribution in [0.25, 0.3) is 0 Å². The van der Waals surface area contributed by atoms with Crippen molar-refractivity contribution in [3.8, 4) is 0 Å². The minimum atomic E-state index is 0.264. The third kappa shape index (κ3) is 4.64. The average Bonchev–Trinajstić information content (AvgIpc) is 2.84. The summed E-state index contributed by atoms with van der Waals surface area (Å²) in [6.45, 7) is 10.7. The number of hydrogen-bond donors (Lipinski definition) is 1. The summed E-state index contributed by atoms with van der Waals surface area (Å²) in [5, 5.41) is 4.57. The molecule has 19 heavy (non-hydrogen) atoms. The minimum Gasteiger partial charge on any atom is -0.312 e. The third-order valence-corrected chi connectivity index (χ3v) is 5.83. The van der Waals surface area contributed by atoms with Gasteiger partial charge >= 0.3 is 0 Å². The maximum absolute atomic E-state index is 3.68. The molecular formula is C16H32N2S. The molecule has 1 heterocycles. The van der Waals surface area contributed by atoms with Crippen molar-refractivity contribution in [2.75, 3.05) is 25.9 Å². The lowest BCUT2D eigenvalue weighted by Gasteiger charge is -2.37. The Bertz CT molecular complexity index is 274. The number of rotatable bonds is 4. The van der Waals surface area contributed by atoms with Gasteiger partial charge in [0.15, 0.2) is 0 Å². The molecule has 0 bridgehead atoms. The molecule has 2 nitrogen and oxygen atoms in total. The van der Waals surface area contributed by atoms with Crippen LogP contribution in [0.5, 0.6) is 0 Å². The zero-order valence-electron chi connectivity index (χ0n) is 13.2. The van der Waals surface area contributed by atoms with Crippen LogP contribution < -0.4 is 5.32 Å². The van der Waals surface area contributed by atoms with Gasteiger partial charge < -0.3 is 5.32 Å². The highest BCUT2D eigenvalue weighted by Crippen LogP contribution is 2.33. The summed E-state index contributed by atoms with van der Waals surface area (Å²) in [5.41, 5.74) is 0.264. The average molecular weight is 285 g/mol. The van der Waals surface area contributed by atoms with Gasteiger partial charge in [0.05, 0.1) is 0 Å².